The van der Waals surface area contributed by atoms with E-state index in [0.717, 1.165) is 12.8 Å². The highest BCUT2D eigenvalue weighted by molar-refractivity contribution is 5.80. The maximum absolute atomic E-state index is 11.9. The first kappa shape index (κ1) is 27.7. The largest absolute Gasteiger partial charge is 0.481 e. The van der Waals surface area contributed by atoms with E-state index in [1.54, 1.807) is 19.9 Å². The van der Waals surface area contributed by atoms with Gasteiger partial charge in [-0.05, 0) is 26.7 Å². The number of carbonyl (C=O) groups is 2. The van der Waals surface area contributed by atoms with Gasteiger partial charge < -0.3 is 9.84 Å². The lowest BCUT2D eigenvalue weighted by Crippen LogP contribution is -2.22. The number of rotatable bonds is 20. The van der Waals surface area contributed by atoms with E-state index < -0.39 is 17.9 Å². The Labute approximate surface area is 179 Å². The zero-order valence-electron chi connectivity index (χ0n) is 19.3. The molecule has 0 aliphatic heterocycles. The topological polar surface area (TPSA) is 63.6 Å². The highest BCUT2D eigenvalue weighted by atomic mass is 16.5. The smallest absolute Gasteiger partial charge is 0.313 e. The number of allylic oxidation sites excluding steroid dienone is 1. The minimum absolute atomic E-state index is 0.208. The Hall–Kier alpha value is -1.32. The number of carboxylic acids is 1. The van der Waals surface area contributed by atoms with Crippen molar-refractivity contribution in [2.45, 2.75) is 130 Å². The second-order valence-corrected chi connectivity index (χ2v) is 8.50. The van der Waals surface area contributed by atoms with E-state index in [1.807, 2.05) is 6.08 Å². The standard InChI is InChI=1S/C25H46O4/c1-4-5-6-7-8-9-10-11-12-13-14-15-16-17-18-19-20-23(21-24(26)27)25(28)29-22(2)3/h19-20,22-23H,4-18,21H2,1-3H3,(H,26,27). The van der Waals surface area contributed by atoms with Crippen LogP contribution in [0.15, 0.2) is 12.2 Å². The van der Waals surface area contributed by atoms with Crippen molar-refractivity contribution in [1.29, 1.82) is 0 Å². The first-order valence-corrected chi connectivity index (χ1v) is 12.1. The second kappa shape index (κ2) is 20.0. The fraction of sp³-hybridized carbons (Fsp3) is 0.840. The summed E-state index contributed by atoms with van der Waals surface area (Å²) in [5, 5.41) is 8.96. The van der Waals surface area contributed by atoms with Gasteiger partial charge in [-0.25, -0.2) is 0 Å². The van der Waals surface area contributed by atoms with E-state index in [1.165, 1.54) is 83.5 Å². The molecule has 29 heavy (non-hydrogen) atoms. The minimum Gasteiger partial charge on any atom is -0.481 e. The number of esters is 1. The van der Waals surface area contributed by atoms with Crippen molar-refractivity contribution in [3.8, 4) is 0 Å². The third-order valence-electron chi connectivity index (χ3n) is 5.14. The van der Waals surface area contributed by atoms with Crippen LogP contribution in [0.3, 0.4) is 0 Å². The van der Waals surface area contributed by atoms with Gasteiger partial charge in [-0.15, -0.1) is 0 Å². The molecule has 0 aromatic rings. The van der Waals surface area contributed by atoms with Gasteiger partial charge in [0.05, 0.1) is 18.4 Å². The summed E-state index contributed by atoms with van der Waals surface area (Å²) >= 11 is 0. The number of aliphatic carboxylic acids is 1. The van der Waals surface area contributed by atoms with E-state index in [4.69, 9.17) is 9.84 Å². The molecule has 0 saturated carbocycles. The molecule has 4 nitrogen and oxygen atoms in total. The first-order valence-electron chi connectivity index (χ1n) is 12.1. The SMILES string of the molecule is CCCCCCCCCCCCCCCCC=CC(CC(=O)O)C(=O)OC(C)C. The maximum atomic E-state index is 11.9. The van der Waals surface area contributed by atoms with Gasteiger partial charge in [0.1, 0.15) is 0 Å². The fourth-order valence-electron chi connectivity index (χ4n) is 3.45. The summed E-state index contributed by atoms with van der Waals surface area (Å²) in [6.07, 6.45) is 22.8. The number of carbonyl (C=O) groups excluding carboxylic acids is 1. The molecule has 0 heterocycles. The molecule has 1 atom stereocenters. The highest BCUT2D eigenvalue weighted by Gasteiger charge is 2.21. The van der Waals surface area contributed by atoms with Crippen LogP contribution in [0.4, 0.5) is 0 Å². The monoisotopic (exact) mass is 410 g/mol. The molecule has 4 heteroatoms. The lowest BCUT2D eigenvalue weighted by atomic mass is 10.0. The number of ether oxygens (including phenoxy) is 1. The zero-order valence-corrected chi connectivity index (χ0v) is 19.3. The van der Waals surface area contributed by atoms with Gasteiger partial charge in [0.15, 0.2) is 0 Å². The van der Waals surface area contributed by atoms with Gasteiger partial charge >= 0.3 is 11.9 Å². The second-order valence-electron chi connectivity index (χ2n) is 8.50. The van der Waals surface area contributed by atoms with Crippen molar-refractivity contribution in [1.82, 2.24) is 0 Å². The van der Waals surface area contributed by atoms with Gasteiger partial charge in [0, 0.05) is 0 Å². The van der Waals surface area contributed by atoms with Crippen LogP contribution in [-0.2, 0) is 14.3 Å². The van der Waals surface area contributed by atoms with Gasteiger partial charge in [-0.1, -0.05) is 103 Å². The van der Waals surface area contributed by atoms with Gasteiger partial charge in [0.2, 0.25) is 0 Å². The Morgan fingerprint density at radius 2 is 1.24 bits per heavy atom. The van der Waals surface area contributed by atoms with Crippen LogP contribution in [0.1, 0.15) is 124 Å². The molecule has 0 aliphatic carbocycles. The molecule has 0 rings (SSSR count). The fourth-order valence-corrected chi connectivity index (χ4v) is 3.45. The molecular formula is C25H46O4. The van der Waals surface area contributed by atoms with Crippen LogP contribution in [0, 0.1) is 5.92 Å². The van der Waals surface area contributed by atoms with Crippen molar-refractivity contribution in [2.24, 2.45) is 5.92 Å². The van der Waals surface area contributed by atoms with E-state index in [2.05, 4.69) is 6.92 Å². The van der Waals surface area contributed by atoms with Crippen molar-refractivity contribution in [3.05, 3.63) is 12.2 Å². The number of carboxylic acid groups (broad SMARTS) is 1. The predicted molar refractivity (Wildman–Crippen MR) is 121 cm³/mol. The van der Waals surface area contributed by atoms with Crippen LogP contribution >= 0.6 is 0 Å². The summed E-state index contributed by atoms with van der Waals surface area (Å²) in [5.41, 5.74) is 0. The van der Waals surface area contributed by atoms with Crippen LogP contribution in [0.5, 0.6) is 0 Å². The molecule has 0 aromatic heterocycles. The summed E-state index contributed by atoms with van der Waals surface area (Å²) < 4.78 is 5.14. The van der Waals surface area contributed by atoms with Gasteiger partial charge in [0.25, 0.3) is 0 Å². The van der Waals surface area contributed by atoms with E-state index >= 15 is 0 Å². The third-order valence-corrected chi connectivity index (χ3v) is 5.14. The Morgan fingerprint density at radius 3 is 1.66 bits per heavy atom. The Kier molecular flexibility index (Phi) is 19.1. The van der Waals surface area contributed by atoms with Gasteiger partial charge in [-0.2, -0.15) is 0 Å². The minimum atomic E-state index is -0.975. The quantitative estimate of drug-likeness (QED) is 0.128. The molecule has 0 bridgehead atoms. The summed E-state index contributed by atoms with van der Waals surface area (Å²) in [6, 6.07) is 0. The summed E-state index contributed by atoms with van der Waals surface area (Å²) in [5.74, 6) is -2.10. The molecular weight excluding hydrogens is 364 g/mol. The van der Waals surface area contributed by atoms with Crippen molar-refractivity contribution < 1.29 is 19.4 Å². The normalized spacial score (nSPS) is 12.6. The first-order chi connectivity index (χ1) is 14.0. The third kappa shape index (κ3) is 19.8. The van der Waals surface area contributed by atoms with Gasteiger partial charge in [-0.3, -0.25) is 9.59 Å². The highest BCUT2D eigenvalue weighted by Crippen LogP contribution is 2.14. The van der Waals surface area contributed by atoms with Crippen molar-refractivity contribution in [3.63, 3.8) is 0 Å². The summed E-state index contributed by atoms with van der Waals surface area (Å²) in [7, 11) is 0. The predicted octanol–water partition coefficient (Wildman–Crippen LogP) is 7.46. The number of unbranched alkanes of at least 4 members (excludes halogenated alkanes) is 14. The molecule has 1 N–H and O–H groups in total. The Morgan fingerprint density at radius 1 is 0.793 bits per heavy atom. The average Bonchev–Trinajstić information content (AvgIpc) is 2.65. The molecule has 0 radical (unpaired) electrons. The molecule has 1 unspecified atom stereocenters. The Balaban J connectivity index is 3.61. The molecule has 0 aliphatic rings. The lowest BCUT2D eigenvalue weighted by molar-refractivity contribution is -0.154. The van der Waals surface area contributed by atoms with Crippen molar-refractivity contribution >= 4 is 11.9 Å². The van der Waals surface area contributed by atoms with E-state index in [0.29, 0.717) is 0 Å². The van der Waals surface area contributed by atoms with Crippen LogP contribution in [0.25, 0.3) is 0 Å². The average molecular weight is 411 g/mol. The molecule has 0 spiro atoms. The molecule has 0 saturated heterocycles. The number of hydrogen-bond donors (Lipinski definition) is 1. The molecule has 0 aromatic carbocycles. The maximum Gasteiger partial charge on any atom is 0.313 e. The lowest BCUT2D eigenvalue weighted by Gasteiger charge is -2.13. The summed E-state index contributed by atoms with van der Waals surface area (Å²) in [4.78, 5) is 22.9. The van der Waals surface area contributed by atoms with Crippen LogP contribution < -0.4 is 0 Å². The molecule has 0 fully saturated rings. The molecule has 170 valence electrons. The van der Waals surface area contributed by atoms with E-state index in [-0.39, 0.29) is 12.5 Å². The molecule has 0 amide bonds. The number of hydrogen-bond acceptors (Lipinski definition) is 3. The van der Waals surface area contributed by atoms with Crippen LogP contribution in [-0.4, -0.2) is 23.1 Å². The van der Waals surface area contributed by atoms with Crippen LogP contribution in [0.2, 0.25) is 0 Å². The van der Waals surface area contributed by atoms with E-state index in [9.17, 15) is 9.59 Å². The van der Waals surface area contributed by atoms with Crippen molar-refractivity contribution in [2.75, 3.05) is 0 Å². The zero-order chi connectivity index (χ0) is 21.7. The summed E-state index contributed by atoms with van der Waals surface area (Å²) in [6.45, 7) is 5.81. The Bertz CT molecular complexity index is 429.